The number of hydrogen-bond acceptors (Lipinski definition) is 3. The molecule has 0 aliphatic carbocycles. The van der Waals surface area contributed by atoms with Crippen LogP contribution in [0.5, 0.6) is 0 Å². The molecule has 0 radical (unpaired) electrons. The second-order valence-electron chi connectivity index (χ2n) is 5.15. The number of carbonyl (C=O) groups is 1. The summed E-state index contributed by atoms with van der Waals surface area (Å²) in [6, 6.07) is 0. The summed E-state index contributed by atoms with van der Waals surface area (Å²) in [6.45, 7) is 8.95. The van der Waals surface area contributed by atoms with Gasteiger partial charge >= 0.3 is 0 Å². The Morgan fingerprint density at radius 2 is 2.32 bits per heavy atom. The van der Waals surface area contributed by atoms with E-state index in [1.807, 2.05) is 25.5 Å². The second kappa shape index (κ2) is 6.19. The van der Waals surface area contributed by atoms with Crippen molar-refractivity contribution in [1.29, 1.82) is 0 Å². The Balaban J connectivity index is 1.97. The van der Waals surface area contributed by atoms with Crippen LogP contribution in [0.3, 0.4) is 0 Å². The van der Waals surface area contributed by atoms with E-state index in [0.717, 1.165) is 49.6 Å². The first-order chi connectivity index (χ1) is 9.13. The molecule has 2 rings (SSSR count). The van der Waals surface area contributed by atoms with E-state index in [9.17, 15) is 4.79 Å². The minimum absolute atomic E-state index is 0.0136. The molecule has 5 nitrogen and oxygen atoms in total. The van der Waals surface area contributed by atoms with Crippen LogP contribution in [0.15, 0.2) is 0 Å². The van der Waals surface area contributed by atoms with Gasteiger partial charge < -0.3 is 10.1 Å². The number of rotatable bonds is 4. The molecule has 0 aromatic carbocycles. The van der Waals surface area contributed by atoms with E-state index in [0.29, 0.717) is 12.5 Å². The van der Waals surface area contributed by atoms with Crippen molar-refractivity contribution in [2.75, 3.05) is 19.8 Å². The SMILES string of the molecule is CCn1nc(C)c(C(=O)NCC2CCCOC2)c1C. The Hall–Kier alpha value is -1.36. The summed E-state index contributed by atoms with van der Waals surface area (Å²) in [5.74, 6) is 0.430. The van der Waals surface area contributed by atoms with Crippen molar-refractivity contribution in [1.82, 2.24) is 15.1 Å². The van der Waals surface area contributed by atoms with Gasteiger partial charge in [-0.15, -0.1) is 0 Å². The lowest BCUT2D eigenvalue weighted by molar-refractivity contribution is 0.0536. The summed E-state index contributed by atoms with van der Waals surface area (Å²) >= 11 is 0. The van der Waals surface area contributed by atoms with Crippen molar-refractivity contribution in [2.45, 2.75) is 40.2 Å². The van der Waals surface area contributed by atoms with Gasteiger partial charge in [0.05, 0.1) is 17.9 Å². The number of aromatic nitrogens is 2. The van der Waals surface area contributed by atoms with E-state index in [2.05, 4.69) is 10.4 Å². The maximum Gasteiger partial charge on any atom is 0.255 e. The number of aryl methyl sites for hydroxylation is 2. The minimum atomic E-state index is -0.0136. The highest BCUT2D eigenvalue weighted by Gasteiger charge is 2.20. The van der Waals surface area contributed by atoms with Gasteiger partial charge in [-0.3, -0.25) is 9.48 Å². The molecular weight excluding hydrogens is 242 g/mol. The minimum Gasteiger partial charge on any atom is -0.381 e. The summed E-state index contributed by atoms with van der Waals surface area (Å²) in [6.07, 6.45) is 2.22. The van der Waals surface area contributed by atoms with Crippen molar-refractivity contribution in [3.05, 3.63) is 17.0 Å². The Morgan fingerprint density at radius 3 is 2.89 bits per heavy atom. The van der Waals surface area contributed by atoms with Gasteiger partial charge in [-0.2, -0.15) is 5.10 Å². The molecule has 1 saturated heterocycles. The summed E-state index contributed by atoms with van der Waals surface area (Å²) in [4.78, 5) is 12.3. The lowest BCUT2D eigenvalue weighted by Gasteiger charge is -2.22. The molecule has 1 amide bonds. The van der Waals surface area contributed by atoms with Crippen molar-refractivity contribution in [3.8, 4) is 0 Å². The van der Waals surface area contributed by atoms with Crippen LogP contribution in [0.2, 0.25) is 0 Å². The summed E-state index contributed by atoms with van der Waals surface area (Å²) in [5.41, 5.74) is 2.47. The first kappa shape index (κ1) is 14.1. The van der Waals surface area contributed by atoms with E-state index in [-0.39, 0.29) is 5.91 Å². The van der Waals surface area contributed by atoms with Crippen LogP contribution in [0.4, 0.5) is 0 Å². The van der Waals surface area contributed by atoms with Crippen LogP contribution in [0.25, 0.3) is 0 Å². The third-order valence-corrected chi connectivity index (χ3v) is 3.71. The van der Waals surface area contributed by atoms with Gasteiger partial charge in [0, 0.05) is 25.4 Å². The van der Waals surface area contributed by atoms with Gasteiger partial charge in [-0.25, -0.2) is 0 Å². The maximum atomic E-state index is 12.3. The first-order valence-corrected chi connectivity index (χ1v) is 7.03. The smallest absolute Gasteiger partial charge is 0.255 e. The molecule has 1 fully saturated rings. The van der Waals surface area contributed by atoms with Crippen molar-refractivity contribution in [2.24, 2.45) is 5.92 Å². The van der Waals surface area contributed by atoms with Crippen molar-refractivity contribution in [3.63, 3.8) is 0 Å². The van der Waals surface area contributed by atoms with Gasteiger partial charge in [0.1, 0.15) is 0 Å². The van der Waals surface area contributed by atoms with Crippen molar-refractivity contribution < 1.29 is 9.53 Å². The molecular formula is C14H23N3O2. The van der Waals surface area contributed by atoms with E-state index in [4.69, 9.17) is 4.74 Å². The molecule has 1 aliphatic heterocycles. The first-order valence-electron chi connectivity index (χ1n) is 7.03. The highest BCUT2D eigenvalue weighted by Crippen LogP contribution is 2.15. The molecule has 1 aliphatic rings. The standard InChI is InChI=1S/C14H23N3O2/c1-4-17-11(3)13(10(2)16-17)14(18)15-8-12-6-5-7-19-9-12/h12H,4-9H2,1-3H3,(H,15,18). The Kier molecular flexibility index (Phi) is 4.58. The van der Waals surface area contributed by atoms with Gasteiger partial charge in [0.2, 0.25) is 0 Å². The number of ether oxygens (including phenoxy) is 1. The van der Waals surface area contributed by atoms with Crippen LogP contribution in [-0.4, -0.2) is 35.4 Å². The highest BCUT2D eigenvalue weighted by molar-refractivity contribution is 5.96. The summed E-state index contributed by atoms with van der Waals surface area (Å²) < 4.78 is 7.29. The van der Waals surface area contributed by atoms with Gasteiger partial charge in [0.15, 0.2) is 0 Å². The fourth-order valence-corrected chi connectivity index (χ4v) is 2.63. The molecule has 1 aromatic rings. The number of carbonyl (C=O) groups excluding carboxylic acids is 1. The molecule has 0 bridgehead atoms. The Bertz CT molecular complexity index is 448. The third-order valence-electron chi connectivity index (χ3n) is 3.71. The van der Waals surface area contributed by atoms with Crippen LogP contribution in [0, 0.1) is 19.8 Å². The monoisotopic (exact) mass is 265 g/mol. The molecule has 1 atom stereocenters. The molecule has 106 valence electrons. The average Bonchev–Trinajstić information content (AvgIpc) is 2.72. The lowest BCUT2D eigenvalue weighted by atomic mass is 10.0. The number of hydrogen-bond donors (Lipinski definition) is 1. The van der Waals surface area contributed by atoms with Crippen LogP contribution >= 0.6 is 0 Å². The zero-order valence-corrected chi connectivity index (χ0v) is 12.0. The van der Waals surface area contributed by atoms with Gasteiger partial charge in [0.25, 0.3) is 5.91 Å². The molecule has 1 unspecified atom stereocenters. The van der Waals surface area contributed by atoms with E-state index < -0.39 is 0 Å². The average molecular weight is 265 g/mol. The molecule has 1 aromatic heterocycles. The molecule has 1 N–H and O–H groups in total. The third kappa shape index (κ3) is 3.15. The van der Waals surface area contributed by atoms with E-state index in [1.165, 1.54) is 0 Å². The quantitative estimate of drug-likeness (QED) is 0.901. The molecule has 0 spiro atoms. The summed E-state index contributed by atoms with van der Waals surface area (Å²) in [7, 11) is 0. The zero-order valence-electron chi connectivity index (χ0n) is 12.0. The molecule has 5 heteroatoms. The lowest BCUT2D eigenvalue weighted by Crippen LogP contribution is -2.33. The maximum absolute atomic E-state index is 12.3. The number of nitrogens with zero attached hydrogens (tertiary/aromatic N) is 2. The largest absolute Gasteiger partial charge is 0.381 e. The molecule has 19 heavy (non-hydrogen) atoms. The van der Waals surface area contributed by atoms with Gasteiger partial charge in [-0.05, 0) is 39.5 Å². The highest BCUT2D eigenvalue weighted by atomic mass is 16.5. The Labute approximate surface area is 114 Å². The number of nitrogens with one attached hydrogen (secondary N) is 1. The normalized spacial score (nSPS) is 19.4. The van der Waals surface area contributed by atoms with Crippen LogP contribution in [0.1, 0.15) is 41.5 Å². The van der Waals surface area contributed by atoms with Gasteiger partial charge in [-0.1, -0.05) is 0 Å². The van der Waals surface area contributed by atoms with Crippen LogP contribution < -0.4 is 5.32 Å². The van der Waals surface area contributed by atoms with E-state index in [1.54, 1.807) is 0 Å². The molecule has 0 saturated carbocycles. The topological polar surface area (TPSA) is 56.2 Å². The second-order valence-corrected chi connectivity index (χ2v) is 5.15. The fourth-order valence-electron chi connectivity index (χ4n) is 2.63. The van der Waals surface area contributed by atoms with E-state index >= 15 is 0 Å². The predicted molar refractivity (Wildman–Crippen MR) is 73.3 cm³/mol. The Morgan fingerprint density at radius 1 is 1.53 bits per heavy atom. The number of amides is 1. The fraction of sp³-hybridized carbons (Fsp3) is 0.714. The summed E-state index contributed by atoms with van der Waals surface area (Å²) in [5, 5.41) is 7.39. The van der Waals surface area contributed by atoms with Crippen molar-refractivity contribution >= 4 is 5.91 Å². The predicted octanol–water partition coefficient (Wildman–Crippen LogP) is 1.68. The zero-order chi connectivity index (χ0) is 13.8. The molecule has 2 heterocycles. The van der Waals surface area contributed by atoms with Crippen LogP contribution in [-0.2, 0) is 11.3 Å².